The first kappa shape index (κ1) is 25.2. The molecule has 2 aromatic carbocycles. The number of anilines is 1. The number of fused-ring (bicyclic) bond motifs is 1. The van der Waals surface area contributed by atoms with Gasteiger partial charge in [0.25, 0.3) is 0 Å². The molecule has 4 rings (SSSR count). The number of thiazole rings is 1. The highest BCUT2D eigenvalue weighted by Crippen LogP contribution is 2.28. The lowest BCUT2D eigenvalue weighted by molar-refractivity contribution is -0.120. The Morgan fingerprint density at radius 1 is 1.18 bits per heavy atom. The summed E-state index contributed by atoms with van der Waals surface area (Å²) in [4.78, 5) is 25.2. The molecule has 7 nitrogen and oxygen atoms in total. The lowest BCUT2D eigenvalue weighted by Gasteiger charge is -2.31. The molecule has 1 N–H and O–H groups in total. The van der Waals surface area contributed by atoms with E-state index in [9.17, 15) is 18.0 Å². The molecule has 0 aliphatic carbocycles. The smallest absolute Gasteiger partial charge is 0.308 e. The van der Waals surface area contributed by atoms with Crippen LogP contribution in [0.4, 0.5) is 5.69 Å². The number of carbonyl (C=O) groups is 1. The average Bonchev–Trinajstić information content (AvgIpc) is 3.11. The van der Waals surface area contributed by atoms with Crippen LogP contribution in [0.5, 0.6) is 0 Å². The summed E-state index contributed by atoms with van der Waals surface area (Å²) < 4.78 is 29.9. The summed E-state index contributed by atoms with van der Waals surface area (Å²) >= 11 is 13.1. The standard InChI is InChI=1S/C23H25Cl2N3O4S2/c1-14(2)28-20-8-6-17(11-21(20)33-23(28)30)26-22(29)16-4-3-9-27(12-16)34(31,32)13-15-5-7-18(24)19(25)10-15/h5-8,10-11,14,16H,3-4,9,12-13H2,1-2H3,(H,26,29). The van der Waals surface area contributed by atoms with Gasteiger partial charge in [-0.15, -0.1) is 0 Å². The summed E-state index contributed by atoms with van der Waals surface area (Å²) in [7, 11) is -3.63. The third kappa shape index (κ3) is 5.33. The van der Waals surface area contributed by atoms with Gasteiger partial charge in [0, 0.05) is 24.8 Å². The van der Waals surface area contributed by atoms with Gasteiger partial charge in [-0.25, -0.2) is 12.7 Å². The lowest BCUT2D eigenvalue weighted by atomic mass is 9.98. The Kier molecular flexibility index (Phi) is 7.40. The third-order valence-corrected chi connectivity index (χ3v) is 9.35. The van der Waals surface area contributed by atoms with Crippen LogP contribution in [-0.2, 0) is 20.6 Å². The van der Waals surface area contributed by atoms with Crippen molar-refractivity contribution in [2.45, 2.75) is 38.5 Å². The van der Waals surface area contributed by atoms with Gasteiger partial charge in [0.2, 0.25) is 15.9 Å². The fourth-order valence-corrected chi connectivity index (χ4v) is 7.16. The highest BCUT2D eigenvalue weighted by atomic mass is 35.5. The molecule has 1 aliphatic rings. The molecule has 1 unspecified atom stereocenters. The molecular weight excluding hydrogens is 517 g/mol. The number of carbonyl (C=O) groups excluding carboxylic acids is 1. The zero-order chi connectivity index (χ0) is 24.6. The van der Waals surface area contributed by atoms with Crippen LogP contribution in [0.15, 0.2) is 41.2 Å². The SMILES string of the molecule is CC(C)n1c(=O)sc2cc(NC(=O)C3CCCN(S(=O)(=O)Cc4ccc(Cl)c(Cl)c4)C3)ccc21. The number of hydrogen-bond acceptors (Lipinski definition) is 5. The number of halogens is 2. The molecule has 1 amide bonds. The summed E-state index contributed by atoms with van der Waals surface area (Å²) in [5.41, 5.74) is 1.97. The maximum atomic E-state index is 13.0. The van der Waals surface area contributed by atoms with Crippen molar-refractivity contribution in [1.29, 1.82) is 0 Å². The molecule has 11 heteroatoms. The maximum absolute atomic E-state index is 13.0. The molecule has 1 saturated heterocycles. The Labute approximate surface area is 212 Å². The predicted octanol–water partition coefficient (Wildman–Crippen LogP) is 5.13. The van der Waals surface area contributed by atoms with Crippen LogP contribution in [0, 0.1) is 5.92 Å². The van der Waals surface area contributed by atoms with E-state index < -0.39 is 15.9 Å². The van der Waals surface area contributed by atoms with Crippen molar-refractivity contribution in [3.63, 3.8) is 0 Å². The molecule has 34 heavy (non-hydrogen) atoms. The number of benzene rings is 2. The molecule has 0 bridgehead atoms. The molecule has 1 atom stereocenters. The molecule has 1 aliphatic heterocycles. The minimum Gasteiger partial charge on any atom is -0.326 e. The Bertz CT molecular complexity index is 1400. The largest absolute Gasteiger partial charge is 0.326 e. The molecule has 0 spiro atoms. The highest BCUT2D eigenvalue weighted by Gasteiger charge is 2.32. The summed E-state index contributed by atoms with van der Waals surface area (Å²) in [6.45, 7) is 4.40. The van der Waals surface area contributed by atoms with Gasteiger partial charge in [0.1, 0.15) is 0 Å². The number of amides is 1. The lowest BCUT2D eigenvalue weighted by Crippen LogP contribution is -2.44. The second kappa shape index (κ2) is 9.99. The molecule has 182 valence electrons. The van der Waals surface area contributed by atoms with E-state index in [1.165, 1.54) is 4.31 Å². The van der Waals surface area contributed by atoms with Gasteiger partial charge in [-0.1, -0.05) is 40.6 Å². The molecule has 1 fully saturated rings. The maximum Gasteiger partial charge on any atom is 0.308 e. The highest BCUT2D eigenvalue weighted by molar-refractivity contribution is 7.88. The number of piperidine rings is 1. The molecule has 3 aromatic rings. The van der Waals surface area contributed by atoms with E-state index in [4.69, 9.17) is 23.2 Å². The van der Waals surface area contributed by atoms with Gasteiger partial charge in [0.05, 0.1) is 31.9 Å². The summed E-state index contributed by atoms with van der Waals surface area (Å²) in [5, 5.41) is 3.57. The van der Waals surface area contributed by atoms with Crippen LogP contribution in [-0.4, -0.2) is 36.3 Å². The van der Waals surface area contributed by atoms with Gasteiger partial charge in [0.15, 0.2) is 0 Å². The summed E-state index contributed by atoms with van der Waals surface area (Å²) in [5.74, 6) is -0.905. The van der Waals surface area contributed by atoms with E-state index in [2.05, 4.69) is 5.32 Å². The minimum atomic E-state index is -3.63. The van der Waals surface area contributed by atoms with E-state index in [1.807, 2.05) is 19.9 Å². The fraction of sp³-hybridized carbons (Fsp3) is 0.391. The Hall–Kier alpha value is -1.91. The topological polar surface area (TPSA) is 88.5 Å². The quantitative estimate of drug-likeness (QED) is 0.468. The fourth-order valence-electron chi connectivity index (χ4n) is 4.19. The molecule has 0 saturated carbocycles. The van der Waals surface area contributed by atoms with Crippen molar-refractivity contribution in [3.05, 3.63) is 61.7 Å². The number of sulfonamides is 1. The van der Waals surface area contributed by atoms with Crippen molar-refractivity contribution in [2.75, 3.05) is 18.4 Å². The van der Waals surface area contributed by atoms with Crippen LogP contribution in [0.2, 0.25) is 10.0 Å². The number of aromatic nitrogens is 1. The first-order chi connectivity index (χ1) is 16.0. The van der Waals surface area contributed by atoms with Crippen LogP contribution in [0.1, 0.15) is 38.3 Å². The van der Waals surface area contributed by atoms with Gasteiger partial charge < -0.3 is 5.32 Å². The van der Waals surface area contributed by atoms with Crippen molar-refractivity contribution >= 4 is 66.4 Å². The Morgan fingerprint density at radius 3 is 2.65 bits per heavy atom. The summed E-state index contributed by atoms with van der Waals surface area (Å²) in [6.07, 6.45) is 1.19. The van der Waals surface area contributed by atoms with Crippen LogP contribution < -0.4 is 10.2 Å². The predicted molar refractivity (Wildman–Crippen MR) is 138 cm³/mol. The zero-order valence-electron chi connectivity index (χ0n) is 18.8. The zero-order valence-corrected chi connectivity index (χ0v) is 21.9. The van der Waals surface area contributed by atoms with Crippen LogP contribution in [0.3, 0.4) is 0 Å². The minimum absolute atomic E-state index is 0.0384. The van der Waals surface area contributed by atoms with Crippen LogP contribution >= 0.6 is 34.5 Å². The third-order valence-electron chi connectivity index (χ3n) is 5.88. The van der Waals surface area contributed by atoms with Gasteiger partial charge in [-0.2, -0.15) is 0 Å². The number of hydrogen-bond donors (Lipinski definition) is 1. The summed E-state index contributed by atoms with van der Waals surface area (Å²) in [6, 6.07) is 10.2. The average molecular weight is 543 g/mol. The van der Waals surface area contributed by atoms with Crippen LogP contribution in [0.25, 0.3) is 10.2 Å². The number of nitrogens with one attached hydrogen (secondary N) is 1. The van der Waals surface area contributed by atoms with Gasteiger partial charge in [-0.3, -0.25) is 14.2 Å². The first-order valence-electron chi connectivity index (χ1n) is 10.9. The van der Waals surface area contributed by atoms with Crippen molar-refractivity contribution in [2.24, 2.45) is 5.92 Å². The Morgan fingerprint density at radius 2 is 1.94 bits per heavy atom. The van der Waals surface area contributed by atoms with E-state index in [0.29, 0.717) is 40.7 Å². The van der Waals surface area contributed by atoms with Gasteiger partial charge >= 0.3 is 4.87 Å². The van der Waals surface area contributed by atoms with E-state index >= 15 is 0 Å². The van der Waals surface area contributed by atoms with E-state index in [-0.39, 0.29) is 29.1 Å². The van der Waals surface area contributed by atoms with E-state index in [1.54, 1.807) is 34.9 Å². The van der Waals surface area contributed by atoms with Crippen molar-refractivity contribution in [3.8, 4) is 0 Å². The Balaban J connectivity index is 1.46. The van der Waals surface area contributed by atoms with Crippen molar-refractivity contribution < 1.29 is 13.2 Å². The monoisotopic (exact) mass is 541 g/mol. The number of rotatable bonds is 6. The van der Waals surface area contributed by atoms with Gasteiger partial charge in [-0.05, 0) is 62.6 Å². The first-order valence-corrected chi connectivity index (χ1v) is 14.1. The molecular formula is C23H25Cl2N3O4S2. The van der Waals surface area contributed by atoms with E-state index in [0.717, 1.165) is 21.6 Å². The van der Waals surface area contributed by atoms with Crippen molar-refractivity contribution in [1.82, 2.24) is 8.87 Å². The molecule has 1 aromatic heterocycles. The molecule has 0 radical (unpaired) electrons. The number of nitrogens with zero attached hydrogens (tertiary/aromatic N) is 2. The second-order valence-corrected chi connectivity index (χ2v) is 12.5. The normalized spacial score (nSPS) is 17.4. The molecule has 2 heterocycles. The second-order valence-electron chi connectivity index (χ2n) is 8.71.